The van der Waals surface area contributed by atoms with Crippen LogP contribution in [0.2, 0.25) is 0 Å². The van der Waals surface area contributed by atoms with Crippen LogP contribution in [0.4, 0.5) is 10.1 Å². The number of halogens is 1. The second-order valence-corrected chi connectivity index (χ2v) is 4.38. The first kappa shape index (κ1) is 14.5. The molecule has 0 spiro atoms. The second-order valence-electron chi connectivity index (χ2n) is 4.38. The number of nitrogens with zero attached hydrogens (tertiary/aromatic N) is 1. The highest BCUT2D eigenvalue weighted by Gasteiger charge is 2.22. The van der Waals surface area contributed by atoms with Crippen molar-refractivity contribution in [2.75, 3.05) is 5.73 Å². The van der Waals surface area contributed by atoms with Crippen LogP contribution in [0.1, 0.15) is 16.1 Å². The van der Waals surface area contributed by atoms with Gasteiger partial charge in [0.1, 0.15) is 11.9 Å². The molecule has 0 aliphatic rings. The van der Waals surface area contributed by atoms with Crippen LogP contribution < -0.4 is 11.1 Å². The number of rotatable bonds is 5. The molecule has 0 radical (unpaired) electrons. The van der Waals surface area contributed by atoms with Crippen molar-refractivity contribution in [3.05, 3.63) is 47.8 Å². The Morgan fingerprint density at radius 3 is 2.81 bits per heavy atom. The molecule has 1 heterocycles. The molecular formula is C13H13FN4O3. The number of aromatic amines is 1. The minimum Gasteiger partial charge on any atom is -0.480 e. The van der Waals surface area contributed by atoms with E-state index in [4.69, 9.17) is 10.8 Å². The number of benzene rings is 1. The van der Waals surface area contributed by atoms with Crippen LogP contribution in [-0.4, -0.2) is 33.0 Å². The lowest BCUT2D eigenvalue weighted by molar-refractivity contribution is -0.139. The average molecular weight is 292 g/mol. The summed E-state index contributed by atoms with van der Waals surface area (Å²) in [5, 5.41) is 11.4. The minimum absolute atomic E-state index is 0.00226. The number of H-pyrrole nitrogens is 1. The molecule has 1 amide bonds. The first-order chi connectivity index (χ1) is 9.97. The standard InChI is InChI=1S/C13H13FN4O3/c14-9-3-7(1-2-10(9)15)12(19)18-11(13(20)21)4-8-5-16-6-17-8/h1-3,5-6,11H,4,15H2,(H,16,17)(H,18,19)(H,20,21)/t11-/m1/s1. The van der Waals surface area contributed by atoms with Gasteiger partial charge in [0.15, 0.2) is 0 Å². The van der Waals surface area contributed by atoms with Gasteiger partial charge in [-0.25, -0.2) is 14.2 Å². The average Bonchev–Trinajstić information content (AvgIpc) is 2.93. The van der Waals surface area contributed by atoms with Crippen LogP contribution in [0.3, 0.4) is 0 Å². The molecule has 8 heteroatoms. The lowest BCUT2D eigenvalue weighted by Gasteiger charge is -2.13. The maximum Gasteiger partial charge on any atom is 0.326 e. The number of hydrogen-bond donors (Lipinski definition) is 4. The van der Waals surface area contributed by atoms with Gasteiger partial charge < -0.3 is 21.1 Å². The van der Waals surface area contributed by atoms with Crippen molar-refractivity contribution in [1.82, 2.24) is 15.3 Å². The number of hydrogen-bond acceptors (Lipinski definition) is 4. The zero-order chi connectivity index (χ0) is 15.4. The number of carbonyl (C=O) groups is 2. The van der Waals surface area contributed by atoms with Gasteiger partial charge in [-0.3, -0.25) is 4.79 Å². The number of amides is 1. The summed E-state index contributed by atoms with van der Waals surface area (Å²) < 4.78 is 13.3. The SMILES string of the molecule is Nc1ccc(C(=O)N[C@H](Cc2cnc[nH]2)C(=O)O)cc1F. The number of imidazole rings is 1. The summed E-state index contributed by atoms with van der Waals surface area (Å²) in [6, 6.07) is 2.37. The van der Waals surface area contributed by atoms with Crippen LogP contribution in [-0.2, 0) is 11.2 Å². The molecule has 110 valence electrons. The summed E-state index contributed by atoms with van der Waals surface area (Å²) in [5.74, 6) is -2.63. The van der Waals surface area contributed by atoms with Gasteiger partial charge in [-0.2, -0.15) is 0 Å². The smallest absolute Gasteiger partial charge is 0.326 e. The van der Waals surface area contributed by atoms with Crippen molar-refractivity contribution in [1.29, 1.82) is 0 Å². The molecule has 1 atom stereocenters. The van der Waals surface area contributed by atoms with Crippen LogP contribution in [0.25, 0.3) is 0 Å². The van der Waals surface area contributed by atoms with E-state index in [0.29, 0.717) is 5.69 Å². The monoisotopic (exact) mass is 292 g/mol. The van der Waals surface area contributed by atoms with Crippen molar-refractivity contribution in [3.63, 3.8) is 0 Å². The quantitative estimate of drug-likeness (QED) is 0.600. The van der Waals surface area contributed by atoms with Crippen molar-refractivity contribution in [3.8, 4) is 0 Å². The molecule has 0 aliphatic carbocycles. The Kier molecular flexibility index (Phi) is 4.17. The summed E-state index contributed by atoms with van der Waals surface area (Å²) in [4.78, 5) is 29.6. The van der Waals surface area contributed by atoms with Crippen molar-refractivity contribution >= 4 is 17.6 Å². The molecule has 21 heavy (non-hydrogen) atoms. The van der Waals surface area contributed by atoms with Gasteiger partial charge in [0.25, 0.3) is 5.91 Å². The van der Waals surface area contributed by atoms with E-state index in [-0.39, 0.29) is 17.7 Å². The minimum atomic E-state index is -1.20. The zero-order valence-corrected chi connectivity index (χ0v) is 10.8. The zero-order valence-electron chi connectivity index (χ0n) is 10.8. The molecule has 0 unspecified atom stereocenters. The second kappa shape index (κ2) is 6.04. The summed E-state index contributed by atoms with van der Waals surface area (Å²) in [5.41, 5.74) is 5.79. The fourth-order valence-corrected chi connectivity index (χ4v) is 1.73. The number of nitrogen functional groups attached to an aromatic ring is 1. The highest BCUT2D eigenvalue weighted by Crippen LogP contribution is 2.12. The molecule has 2 aromatic rings. The van der Waals surface area contributed by atoms with Gasteiger partial charge in [0, 0.05) is 23.9 Å². The maximum absolute atomic E-state index is 13.3. The fraction of sp³-hybridized carbons (Fsp3) is 0.154. The lowest BCUT2D eigenvalue weighted by Crippen LogP contribution is -2.42. The number of carboxylic acid groups (broad SMARTS) is 1. The summed E-state index contributed by atoms with van der Waals surface area (Å²) >= 11 is 0. The Morgan fingerprint density at radius 2 is 2.24 bits per heavy atom. The predicted molar refractivity (Wildman–Crippen MR) is 72.0 cm³/mol. The fourth-order valence-electron chi connectivity index (χ4n) is 1.73. The Bertz CT molecular complexity index is 657. The van der Waals surface area contributed by atoms with Gasteiger partial charge in [-0.15, -0.1) is 0 Å². The van der Waals surface area contributed by atoms with E-state index in [1.54, 1.807) is 0 Å². The summed E-state index contributed by atoms with van der Waals surface area (Å²) in [7, 11) is 0. The van der Waals surface area contributed by atoms with Crippen molar-refractivity contribution < 1.29 is 19.1 Å². The van der Waals surface area contributed by atoms with E-state index >= 15 is 0 Å². The van der Waals surface area contributed by atoms with Gasteiger partial charge in [0.2, 0.25) is 0 Å². The summed E-state index contributed by atoms with van der Waals surface area (Å²) in [6.07, 6.45) is 2.91. The molecule has 0 aliphatic heterocycles. The molecule has 1 aromatic heterocycles. The van der Waals surface area contributed by atoms with Gasteiger partial charge >= 0.3 is 5.97 Å². The molecule has 2 rings (SSSR count). The number of carbonyl (C=O) groups excluding carboxylic acids is 1. The highest BCUT2D eigenvalue weighted by atomic mass is 19.1. The van der Waals surface area contributed by atoms with Crippen LogP contribution in [0, 0.1) is 5.82 Å². The lowest BCUT2D eigenvalue weighted by atomic mass is 10.1. The number of anilines is 1. The topological polar surface area (TPSA) is 121 Å². The molecule has 0 saturated carbocycles. The third-order valence-corrected chi connectivity index (χ3v) is 2.84. The number of aromatic nitrogens is 2. The molecule has 7 nitrogen and oxygen atoms in total. The van der Waals surface area contributed by atoms with Gasteiger partial charge in [0.05, 0.1) is 12.0 Å². The first-order valence-electron chi connectivity index (χ1n) is 6.03. The van der Waals surface area contributed by atoms with E-state index in [2.05, 4.69) is 15.3 Å². The number of carboxylic acids is 1. The predicted octanol–water partition coefficient (Wildman–Crippen LogP) is 0.557. The van der Waals surface area contributed by atoms with E-state index in [1.807, 2.05) is 0 Å². The highest BCUT2D eigenvalue weighted by molar-refractivity contribution is 5.96. The van der Waals surface area contributed by atoms with E-state index in [1.165, 1.54) is 24.7 Å². The van der Waals surface area contributed by atoms with Crippen molar-refractivity contribution in [2.24, 2.45) is 0 Å². The molecule has 0 fully saturated rings. The number of aliphatic carboxylic acids is 1. The van der Waals surface area contributed by atoms with Crippen molar-refractivity contribution in [2.45, 2.75) is 12.5 Å². The normalized spacial score (nSPS) is 11.9. The number of nitrogens with one attached hydrogen (secondary N) is 2. The Labute approximate surface area is 119 Å². The third-order valence-electron chi connectivity index (χ3n) is 2.84. The van der Waals surface area contributed by atoms with Crippen LogP contribution >= 0.6 is 0 Å². The molecular weight excluding hydrogens is 279 g/mol. The summed E-state index contributed by atoms with van der Waals surface area (Å²) in [6.45, 7) is 0. The van der Waals surface area contributed by atoms with Gasteiger partial charge in [-0.1, -0.05) is 0 Å². The van der Waals surface area contributed by atoms with E-state index in [0.717, 1.165) is 6.07 Å². The largest absolute Gasteiger partial charge is 0.480 e. The van der Waals surface area contributed by atoms with E-state index < -0.39 is 23.7 Å². The Balaban J connectivity index is 2.10. The maximum atomic E-state index is 13.3. The molecule has 0 bridgehead atoms. The van der Waals surface area contributed by atoms with Crippen LogP contribution in [0.5, 0.6) is 0 Å². The first-order valence-corrected chi connectivity index (χ1v) is 6.03. The molecule has 5 N–H and O–H groups in total. The van der Waals surface area contributed by atoms with Crippen LogP contribution in [0.15, 0.2) is 30.7 Å². The molecule has 0 saturated heterocycles. The van der Waals surface area contributed by atoms with Gasteiger partial charge in [-0.05, 0) is 18.2 Å². The molecule has 1 aromatic carbocycles. The third kappa shape index (κ3) is 3.56. The number of nitrogens with two attached hydrogens (primary N) is 1. The Morgan fingerprint density at radius 1 is 1.48 bits per heavy atom. The Hall–Kier alpha value is -2.90. The van der Waals surface area contributed by atoms with E-state index in [9.17, 15) is 14.0 Å².